The van der Waals surface area contributed by atoms with Gasteiger partial charge in [0.2, 0.25) is 10.0 Å². The van der Waals surface area contributed by atoms with Gasteiger partial charge in [-0.15, -0.1) is 0 Å². The number of aryl methyl sites for hydroxylation is 1. The van der Waals surface area contributed by atoms with Gasteiger partial charge < -0.3 is 5.32 Å². The van der Waals surface area contributed by atoms with Gasteiger partial charge in [0.15, 0.2) is 0 Å². The molecular weight excluding hydrogens is 350 g/mol. The molecule has 0 unspecified atom stereocenters. The molecule has 0 aliphatic carbocycles. The first-order chi connectivity index (χ1) is 11.3. The van der Waals surface area contributed by atoms with E-state index in [1.807, 2.05) is 0 Å². The predicted octanol–water partition coefficient (Wildman–Crippen LogP) is 2.24. The summed E-state index contributed by atoms with van der Waals surface area (Å²) in [6, 6.07) is 8.35. The fourth-order valence-electron chi connectivity index (χ4n) is 2.19. The molecule has 2 aromatic rings. The number of anilines is 1. The van der Waals surface area contributed by atoms with Crippen LogP contribution in [0.5, 0.6) is 0 Å². The number of carbonyl (C=O) groups is 1. The molecule has 2 rings (SSSR count). The van der Waals surface area contributed by atoms with Gasteiger partial charge in [-0.2, -0.15) is 0 Å². The maximum atomic E-state index is 12.1. The van der Waals surface area contributed by atoms with Gasteiger partial charge in [0.25, 0.3) is 5.91 Å². The molecule has 0 aliphatic rings. The minimum absolute atomic E-state index is 0.103. The molecule has 24 heavy (non-hydrogen) atoms. The predicted molar refractivity (Wildman–Crippen MR) is 94.9 cm³/mol. The highest BCUT2D eigenvalue weighted by Crippen LogP contribution is 2.25. The van der Waals surface area contributed by atoms with E-state index in [4.69, 9.17) is 11.6 Å². The molecule has 0 atom stereocenters. The van der Waals surface area contributed by atoms with Crippen molar-refractivity contribution in [3.05, 3.63) is 58.9 Å². The zero-order valence-electron chi connectivity index (χ0n) is 13.4. The molecule has 1 amide bonds. The lowest BCUT2D eigenvalue weighted by atomic mass is 10.2. The van der Waals surface area contributed by atoms with Gasteiger partial charge in [0, 0.05) is 24.0 Å². The Labute approximate surface area is 146 Å². The normalized spacial score (nSPS) is 11.1. The van der Waals surface area contributed by atoms with Crippen LogP contribution in [0.4, 0.5) is 5.69 Å². The SMILES string of the molecule is Cc1ccc(Cl)cc1N(CCNC(=O)c1cccnc1)S(C)(=O)=O. The number of pyridine rings is 1. The van der Waals surface area contributed by atoms with Crippen LogP contribution in [0.3, 0.4) is 0 Å². The van der Waals surface area contributed by atoms with Crippen LogP contribution < -0.4 is 9.62 Å². The van der Waals surface area contributed by atoms with Crippen molar-refractivity contribution < 1.29 is 13.2 Å². The van der Waals surface area contributed by atoms with Gasteiger partial charge in [-0.05, 0) is 36.8 Å². The molecule has 0 saturated heterocycles. The summed E-state index contributed by atoms with van der Waals surface area (Å²) in [6.45, 7) is 2.07. The summed E-state index contributed by atoms with van der Waals surface area (Å²) in [5.74, 6) is -0.306. The number of benzene rings is 1. The van der Waals surface area contributed by atoms with Gasteiger partial charge in [0.1, 0.15) is 0 Å². The van der Waals surface area contributed by atoms with Gasteiger partial charge in [-0.1, -0.05) is 17.7 Å². The zero-order valence-corrected chi connectivity index (χ0v) is 14.9. The standard InChI is InChI=1S/C16H18ClN3O3S/c1-12-5-6-14(17)10-15(12)20(24(2,22)23)9-8-19-16(21)13-4-3-7-18-11-13/h3-7,10-11H,8-9H2,1-2H3,(H,19,21). The van der Waals surface area contributed by atoms with E-state index in [0.717, 1.165) is 11.8 Å². The van der Waals surface area contributed by atoms with E-state index in [2.05, 4.69) is 10.3 Å². The lowest BCUT2D eigenvalue weighted by molar-refractivity contribution is 0.0954. The summed E-state index contributed by atoms with van der Waals surface area (Å²) in [5, 5.41) is 3.14. The molecule has 1 N–H and O–H groups in total. The first kappa shape index (κ1) is 18.2. The van der Waals surface area contributed by atoms with Crippen LogP contribution in [-0.4, -0.2) is 38.7 Å². The number of aromatic nitrogens is 1. The fraction of sp³-hybridized carbons (Fsp3) is 0.250. The van der Waals surface area contributed by atoms with Crippen LogP contribution in [0.25, 0.3) is 0 Å². The van der Waals surface area contributed by atoms with E-state index in [9.17, 15) is 13.2 Å². The Morgan fingerprint density at radius 1 is 1.33 bits per heavy atom. The quantitative estimate of drug-likeness (QED) is 0.849. The summed E-state index contributed by atoms with van der Waals surface area (Å²) >= 11 is 5.98. The average molecular weight is 368 g/mol. The highest BCUT2D eigenvalue weighted by molar-refractivity contribution is 7.92. The molecule has 0 bridgehead atoms. The van der Waals surface area contributed by atoms with E-state index in [1.54, 1.807) is 43.5 Å². The van der Waals surface area contributed by atoms with E-state index in [0.29, 0.717) is 16.3 Å². The third-order valence-corrected chi connectivity index (χ3v) is 4.78. The molecule has 0 aliphatic heterocycles. The van der Waals surface area contributed by atoms with E-state index in [-0.39, 0.29) is 19.0 Å². The minimum Gasteiger partial charge on any atom is -0.350 e. The summed E-state index contributed by atoms with van der Waals surface area (Å²) in [6.07, 6.45) is 4.14. The third-order valence-electron chi connectivity index (χ3n) is 3.36. The lowest BCUT2D eigenvalue weighted by Gasteiger charge is -2.24. The molecular formula is C16H18ClN3O3S. The number of nitrogens with one attached hydrogen (secondary N) is 1. The number of carbonyl (C=O) groups excluding carboxylic acids is 1. The largest absolute Gasteiger partial charge is 0.350 e. The Bertz CT molecular complexity index is 826. The molecule has 0 spiro atoms. The number of sulfonamides is 1. The number of nitrogens with zero attached hydrogens (tertiary/aromatic N) is 2. The second-order valence-corrected chi connectivity index (χ2v) is 7.61. The smallest absolute Gasteiger partial charge is 0.252 e. The lowest BCUT2D eigenvalue weighted by Crippen LogP contribution is -2.38. The number of hydrogen-bond acceptors (Lipinski definition) is 4. The molecule has 8 heteroatoms. The molecule has 128 valence electrons. The van der Waals surface area contributed by atoms with Crippen molar-refractivity contribution in [1.82, 2.24) is 10.3 Å². The number of hydrogen-bond donors (Lipinski definition) is 1. The summed E-state index contributed by atoms with van der Waals surface area (Å²) in [4.78, 5) is 15.9. The average Bonchev–Trinajstić information content (AvgIpc) is 2.53. The van der Waals surface area contributed by atoms with Crippen molar-refractivity contribution in [2.24, 2.45) is 0 Å². The first-order valence-corrected chi connectivity index (χ1v) is 9.44. The molecule has 1 aromatic heterocycles. The Morgan fingerprint density at radius 3 is 2.71 bits per heavy atom. The summed E-state index contributed by atoms with van der Waals surface area (Å²) in [7, 11) is -3.51. The first-order valence-electron chi connectivity index (χ1n) is 7.21. The van der Waals surface area contributed by atoms with Crippen molar-refractivity contribution in [1.29, 1.82) is 0 Å². The van der Waals surface area contributed by atoms with Crippen LogP contribution in [0.2, 0.25) is 5.02 Å². The van der Waals surface area contributed by atoms with Crippen molar-refractivity contribution in [3.8, 4) is 0 Å². The Morgan fingerprint density at radius 2 is 2.08 bits per heavy atom. The van der Waals surface area contributed by atoms with Crippen molar-refractivity contribution in [2.45, 2.75) is 6.92 Å². The Balaban J connectivity index is 2.11. The monoisotopic (exact) mass is 367 g/mol. The second-order valence-electron chi connectivity index (χ2n) is 5.26. The summed E-state index contributed by atoms with van der Waals surface area (Å²) in [5.41, 5.74) is 1.70. The molecule has 0 saturated carbocycles. The maximum Gasteiger partial charge on any atom is 0.252 e. The van der Waals surface area contributed by atoms with Crippen molar-refractivity contribution in [2.75, 3.05) is 23.7 Å². The Hall–Kier alpha value is -2.12. The molecule has 1 heterocycles. The molecule has 0 radical (unpaired) electrons. The van der Waals surface area contributed by atoms with Crippen molar-refractivity contribution in [3.63, 3.8) is 0 Å². The van der Waals surface area contributed by atoms with Gasteiger partial charge in [-0.3, -0.25) is 14.1 Å². The van der Waals surface area contributed by atoms with Crippen LogP contribution in [0, 0.1) is 6.92 Å². The van der Waals surface area contributed by atoms with Crippen molar-refractivity contribution >= 4 is 33.2 Å². The fourth-order valence-corrected chi connectivity index (χ4v) is 3.33. The highest BCUT2D eigenvalue weighted by atomic mass is 35.5. The Kier molecular flexibility index (Phi) is 5.80. The van der Waals surface area contributed by atoms with E-state index >= 15 is 0 Å². The highest BCUT2D eigenvalue weighted by Gasteiger charge is 2.19. The molecule has 6 nitrogen and oxygen atoms in total. The van der Waals surface area contributed by atoms with Gasteiger partial charge >= 0.3 is 0 Å². The number of rotatable bonds is 6. The minimum atomic E-state index is -3.51. The second kappa shape index (κ2) is 7.63. The van der Waals surface area contributed by atoms with Crippen LogP contribution in [0.15, 0.2) is 42.7 Å². The van der Waals surface area contributed by atoms with Crippen LogP contribution in [0.1, 0.15) is 15.9 Å². The van der Waals surface area contributed by atoms with E-state index in [1.165, 1.54) is 10.5 Å². The molecule has 0 fully saturated rings. The number of amides is 1. The third kappa shape index (κ3) is 4.69. The van der Waals surface area contributed by atoms with E-state index < -0.39 is 10.0 Å². The number of halogens is 1. The van der Waals surface area contributed by atoms with Crippen LogP contribution in [-0.2, 0) is 10.0 Å². The van der Waals surface area contributed by atoms with Crippen LogP contribution >= 0.6 is 11.6 Å². The zero-order chi connectivity index (χ0) is 17.7. The van der Waals surface area contributed by atoms with Gasteiger partial charge in [-0.25, -0.2) is 8.42 Å². The molecule has 1 aromatic carbocycles. The maximum absolute atomic E-state index is 12.1. The summed E-state index contributed by atoms with van der Waals surface area (Å²) < 4.78 is 25.4. The van der Waals surface area contributed by atoms with Gasteiger partial charge in [0.05, 0.1) is 24.1 Å². The topological polar surface area (TPSA) is 79.4 Å².